The summed E-state index contributed by atoms with van der Waals surface area (Å²) < 4.78 is 41.7. The number of anilines is 1. The van der Waals surface area contributed by atoms with E-state index in [4.69, 9.17) is 0 Å². The van der Waals surface area contributed by atoms with Crippen LogP contribution in [0, 0.1) is 5.41 Å². The number of amides is 1. The number of alkyl halides is 3. The van der Waals surface area contributed by atoms with Crippen molar-refractivity contribution < 1.29 is 18.0 Å². The molecule has 0 saturated carbocycles. The van der Waals surface area contributed by atoms with Crippen LogP contribution in [0.25, 0.3) is 0 Å². The molecule has 146 valence electrons. The van der Waals surface area contributed by atoms with Crippen LogP contribution in [-0.4, -0.2) is 40.3 Å². The molecule has 1 aliphatic heterocycles. The van der Waals surface area contributed by atoms with Gasteiger partial charge in [-0.2, -0.15) is 13.2 Å². The molecule has 1 atom stereocenters. The summed E-state index contributed by atoms with van der Waals surface area (Å²) in [4.78, 5) is 14.3. The van der Waals surface area contributed by atoms with Crippen LogP contribution < -0.4 is 5.32 Å². The lowest BCUT2D eigenvalue weighted by Gasteiger charge is -2.30. The molecule has 1 unspecified atom stereocenters. The van der Waals surface area contributed by atoms with E-state index in [0.29, 0.717) is 11.6 Å². The van der Waals surface area contributed by atoms with Crippen molar-refractivity contribution in [3.8, 4) is 0 Å². The van der Waals surface area contributed by atoms with Crippen LogP contribution in [0.5, 0.6) is 0 Å². The van der Waals surface area contributed by atoms with E-state index in [2.05, 4.69) is 15.5 Å². The number of aromatic nitrogens is 2. The van der Waals surface area contributed by atoms with Crippen LogP contribution in [0.4, 0.5) is 18.3 Å². The minimum atomic E-state index is -4.64. The third-order valence-electron chi connectivity index (χ3n) is 4.73. The summed E-state index contributed by atoms with van der Waals surface area (Å²) in [5, 5.41) is 10.8. The van der Waals surface area contributed by atoms with E-state index < -0.39 is 17.5 Å². The fourth-order valence-corrected chi connectivity index (χ4v) is 3.89. The lowest BCUT2D eigenvalue weighted by Crippen LogP contribution is -2.49. The molecule has 5 nitrogen and oxygen atoms in total. The Hall–Kier alpha value is -2.00. The summed E-state index contributed by atoms with van der Waals surface area (Å²) in [5.41, 5.74) is -1.52. The predicted molar refractivity (Wildman–Crippen MR) is 97.5 cm³/mol. The van der Waals surface area contributed by atoms with Crippen LogP contribution in [0.1, 0.15) is 36.8 Å². The van der Waals surface area contributed by atoms with E-state index >= 15 is 0 Å². The van der Waals surface area contributed by atoms with Crippen molar-refractivity contribution in [1.29, 1.82) is 0 Å². The van der Waals surface area contributed by atoms with Gasteiger partial charge in [-0.25, -0.2) is 0 Å². The molecule has 9 heteroatoms. The molecule has 0 spiro atoms. The first kappa shape index (κ1) is 19.8. The molecule has 2 aromatic rings. The Morgan fingerprint density at radius 3 is 2.59 bits per heavy atom. The molecule has 3 rings (SSSR count). The summed E-state index contributed by atoms with van der Waals surface area (Å²) in [6, 6.07) is 9.27. The van der Waals surface area contributed by atoms with E-state index in [0.717, 1.165) is 16.9 Å². The molecule has 0 aliphatic carbocycles. The second-order valence-corrected chi connectivity index (χ2v) is 8.09. The highest BCUT2D eigenvalue weighted by atomic mass is 32.1. The van der Waals surface area contributed by atoms with Gasteiger partial charge in [0.25, 0.3) is 0 Å². The van der Waals surface area contributed by atoms with Crippen molar-refractivity contribution in [2.45, 2.75) is 38.9 Å². The van der Waals surface area contributed by atoms with Crippen molar-refractivity contribution in [1.82, 2.24) is 15.1 Å². The first-order valence-electron chi connectivity index (χ1n) is 8.69. The maximum Gasteiger partial charge on any atom is 0.404 e. The number of hydrogen-bond donors (Lipinski definition) is 1. The Balaban J connectivity index is 1.76. The van der Waals surface area contributed by atoms with Gasteiger partial charge >= 0.3 is 6.18 Å². The van der Waals surface area contributed by atoms with E-state index in [1.165, 1.54) is 0 Å². The summed E-state index contributed by atoms with van der Waals surface area (Å²) in [7, 11) is 0. The maximum atomic E-state index is 13.9. The average Bonchev–Trinajstić information content (AvgIpc) is 3.23. The van der Waals surface area contributed by atoms with Gasteiger partial charge in [-0.05, 0) is 18.5 Å². The monoisotopic (exact) mass is 398 g/mol. The molecule has 0 radical (unpaired) electrons. The second-order valence-electron chi connectivity index (χ2n) is 7.08. The quantitative estimate of drug-likeness (QED) is 0.825. The Morgan fingerprint density at radius 1 is 1.30 bits per heavy atom. The van der Waals surface area contributed by atoms with Crippen molar-refractivity contribution in [2.24, 2.45) is 5.41 Å². The van der Waals surface area contributed by atoms with Crippen LogP contribution >= 0.6 is 11.3 Å². The number of carbonyl (C=O) groups excluding carboxylic acids is 1. The number of likely N-dealkylation sites (tertiary alicyclic amines) is 1. The highest BCUT2D eigenvalue weighted by molar-refractivity contribution is 7.15. The second kappa shape index (κ2) is 7.55. The molecule has 2 heterocycles. The highest BCUT2D eigenvalue weighted by Gasteiger charge is 2.63. The molecule has 1 aliphatic rings. The predicted octanol–water partition coefficient (Wildman–Crippen LogP) is 4.05. The molecule has 1 aromatic carbocycles. The van der Waals surface area contributed by atoms with Gasteiger partial charge in [0, 0.05) is 19.0 Å². The van der Waals surface area contributed by atoms with Crippen LogP contribution in [-0.2, 0) is 11.3 Å². The van der Waals surface area contributed by atoms with Crippen molar-refractivity contribution in [3.05, 3.63) is 40.9 Å². The number of rotatable bonds is 5. The Kier molecular flexibility index (Phi) is 5.53. The molecular weight excluding hydrogens is 377 g/mol. The third kappa shape index (κ3) is 4.14. The van der Waals surface area contributed by atoms with E-state index in [1.54, 1.807) is 4.90 Å². The van der Waals surface area contributed by atoms with E-state index in [1.807, 2.05) is 44.2 Å². The van der Waals surface area contributed by atoms with Gasteiger partial charge in [0.15, 0.2) is 5.41 Å². The molecule has 0 bridgehead atoms. The molecule has 1 saturated heterocycles. The molecule has 1 amide bonds. The van der Waals surface area contributed by atoms with Gasteiger partial charge in [-0.3, -0.25) is 15.0 Å². The first-order valence-corrected chi connectivity index (χ1v) is 9.51. The first-order chi connectivity index (χ1) is 12.7. The van der Waals surface area contributed by atoms with Crippen LogP contribution in [0.2, 0.25) is 0 Å². The number of carbonyl (C=O) groups is 1. The summed E-state index contributed by atoms with van der Waals surface area (Å²) in [5.74, 6) is -0.963. The third-order valence-corrected chi connectivity index (χ3v) is 5.87. The van der Waals surface area contributed by atoms with Gasteiger partial charge in [0.1, 0.15) is 5.01 Å². The molecule has 27 heavy (non-hydrogen) atoms. The van der Waals surface area contributed by atoms with Crippen molar-refractivity contribution in [3.63, 3.8) is 0 Å². The van der Waals surface area contributed by atoms with Gasteiger partial charge < -0.3 is 0 Å². The highest BCUT2D eigenvalue weighted by Crippen LogP contribution is 2.46. The van der Waals surface area contributed by atoms with E-state index in [-0.39, 0.29) is 30.6 Å². The summed E-state index contributed by atoms with van der Waals surface area (Å²) in [6.07, 6.45) is -4.92. The Bertz CT molecular complexity index is 793. The Morgan fingerprint density at radius 2 is 2.00 bits per heavy atom. The molecule has 1 aromatic heterocycles. The largest absolute Gasteiger partial charge is 0.404 e. The average molecular weight is 398 g/mol. The van der Waals surface area contributed by atoms with Crippen molar-refractivity contribution >= 4 is 22.4 Å². The van der Waals surface area contributed by atoms with Crippen LogP contribution in [0.3, 0.4) is 0 Å². The van der Waals surface area contributed by atoms with Gasteiger partial charge in [0.2, 0.25) is 11.0 Å². The maximum absolute atomic E-state index is 13.9. The SMILES string of the molecule is CC(C)c1nnc(NC(=O)C2(C(F)(F)F)CCN(Cc3ccccc3)C2)s1. The molecule has 1 fully saturated rings. The zero-order chi connectivity index (χ0) is 19.7. The lowest BCUT2D eigenvalue weighted by atomic mass is 9.85. The minimum absolute atomic E-state index is 0.0950. The summed E-state index contributed by atoms with van der Waals surface area (Å²) >= 11 is 1.11. The zero-order valence-electron chi connectivity index (χ0n) is 15.1. The Labute approximate surface area is 159 Å². The number of hydrogen-bond acceptors (Lipinski definition) is 5. The zero-order valence-corrected chi connectivity index (χ0v) is 15.9. The minimum Gasteiger partial charge on any atom is -0.300 e. The topological polar surface area (TPSA) is 58.1 Å². The number of benzene rings is 1. The fourth-order valence-electron chi connectivity index (χ4n) is 3.15. The molecule has 1 N–H and O–H groups in total. The van der Waals surface area contributed by atoms with Crippen LogP contribution in [0.15, 0.2) is 30.3 Å². The lowest BCUT2D eigenvalue weighted by molar-refractivity contribution is -0.215. The van der Waals surface area contributed by atoms with Crippen molar-refractivity contribution in [2.75, 3.05) is 18.4 Å². The van der Waals surface area contributed by atoms with Gasteiger partial charge in [-0.15, -0.1) is 10.2 Å². The van der Waals surface area contributed by atoms with E-state index in [9.17, 15) is 18.0 Å². The molecular formula is C18H21F3N4OS. The number of nitrogens with one attached hydrogen (secondary N) is 1. The van der Waals surface area contributed by atoms with Gasteiger partial charge in [-0.1, -0.05) is 55.5 Å². The summed E-state index contributed by atoms with van der Waals surface area (Å²) in [6.45, 7) is 4.02. The standard InChI is InChI=1S/C18H21F3N4OS/c1-12(2)14-23-24-16(27-14)22-15(26)17(18(19,20)21)8-9-25(11-17)10-13-6-4-3-5-7-13/h3-7,12H,8-11H2,1-2H3,(H,22,24,26). The number of halogens is 3. The van der Waals surface area contributed by atoms with Gasteiger partial charge in [0.05, 0.1) is 0 Å². The number of nitrogens with zero attached hydrogens (tertiary/aromatic N) is 3. The fraction of sp³-hybridized carbons (Fsp3) is 0.500. The normalized spacial score (nSPS) is 21.0. The smallest absolute Gasteiger partial charge is 0.300 e.